The van der Waals surface area contributed by atoms with Gasteiger partial charge in [-0.25, -0.2) is 18.7 Å². The van der Waals surface area contributed by atoms with Crippen molar-refractivity contribution in [3.05, 3.63) is 18.3 Å². The molecule has 2 saturated heterocycles. The Hall–Kier alpha value is -2.89. The summed E-state index contributed by atoms with van der Waals surface area (Å²) in [6.07, 6.45) is 1.66. The van der Waals surface area contributed by atoms with E-state index in [0.29, 0.717) is 62.3 Å². The van der Waals surface area contributed by atoms with Gasteiger partial charge < -0.3 is 25.0 Å². The third-order valence-corrected chi connectivity index (χ3v) is 6.28. The van der Waals surface area contributed by atoms with E-state index in [2.05, 4.69) is 19.7 Å². The fourth-order valence-corrected chi connectivity index (χ4v) is 4.32. The molecule has 5 rings (SSSR count). The standard InChI is InChI=1S/C20H22F4N6O2/c21-17(22)32-14-7-12(9-26-16(14)25)13-8-15(29-3-5-31-6-4-29)28-18(27-13)30-2-1-19(11-30)10-20(19,23)24/h7-9,17H,1-6,10-11H2,(H2,25,26). The molecule has 1 aliphatic carbocycles. The minimum atomic E-state index is -3.06. The van der Waals surface area contributed by atoms with Gasteiger partial charge in [0.1, 0.15) is 5.82 Å². The number of pyridine rings is 1. The van der Waals surface area contributed by atoms with Gasteiger partial charge in [0, 0.05) is 50.4 Å². The number of ether oxygens (including phenoxy) is 2. The van der Waals surface area contributed by atoms with Gasteiger partial charge in [0.15, 0.2) is 11.6 Å². The second-order valence-electron chi connectivity index (χ2n) is 8.33. The number of nitrogens with two attached hydrogens (primary N) is 1. The van der Waals surface area contributed by atoms with Crippen LogP contribution in [0.3, 0.4) is 0 Å². The highest BCUT2D eigenvalue weighted by Gasteiger charge is 2.72. The van der Waals surface area contributed by atoms with Gasteiger partial charge in [0.2, 0.25) is 5.95 Å². The first-order valence-corrected chi connectivity index (χ1v) is 10.3. The van der Waals surface area contributed by atoms with Crippen LogP contribution in [0.25, 0.3) is 11.3 Å². The van der Waals surface area contributed by atoms with E-state index < -0.39 is 17.9 Å². The molecule has 8 nitrogen and oxygen atoms in total. The summed E-state index contributed by atoms with van der Waals surface area (Å²) in [6, 6.07) is 3.05. The number of alkyl halides is 4. The van der Waals surface area contributed by atoms with Crippen molar-refractivity contribution < 1.29 is 27.0 Å². The highest BCUT2D eigenvalue weighted by atomic mass is 19.3. The third kappa shape index (κ3) is 3.76. The van der Waals surface area contributed by atoms with Crippen LogP contribution in [0, 0.1) is 5.41 Å². The fourth-order valence-electron chi connectivity index (χ4n) is 4.32. The molecule has 172 valence electrons. The lowest BCUT2D eigenvalue weighted by molar-refractivity contribution is -0.0494. The van der Waals surface area contributed by atoms with Crippen LogP contribution in [0.15, 0.2) is 18.3 Å². The minimum absolute atomic E-state index is 0.122. The summed E-state index contributed by atoms with van der Waals surface area (Å²) in [5.41, 5.74) is 5.45. The second-order valence-corrected chi connectivity index (χ2v) is 8.33. The molecule has 1 unspecified atom stereocenters. The summed E-state index contributed by atoms with van der Waals surface area (Å²) in [5, 5.41) is 0. The molecule has 3 aliphatic rings. The first-order chi connectivity index (χ1) is 15.3. The van der Waals surface area contributed by atoms with Gasteiger partial charge in [0.05, 0.1) is 24.3 Å². The predicted octanol–water partition coefficient (Wildman–Crippen LogP) is 2.79. The van der Waals surface area contributed by atoms with E-state index in [-0.39, 0.29) is 24.5 Å². The number of hydrogen-bond donors (Lipinski definition) is 1. The summed E-state index contributed by atoms with van der Waals surface area (Å²) < 4.78 is 63.1. The Bertz CT molecular complexity index is 1020. The molecule has 1 saturated carbocycles. The molecule has 12 heteroatoms. The van der Waals surface area contributed by atoms with Crippen LogP contribution in [-0.2, 0) is 4.74 Å². The molecule has 0 aromatic carbocycles. The van der Waals surface area contributed by atoms with Crippen molar-refractivity contribution in [2.24, 2.45) is 5.41 Å². The normalized spacial score (nSPS) is 24.4. The van der Waals surface area contributed by atoms with Crippen molar-refractivity contribution in [2.45, 2.75) is 25.4 Å². The Morgan fingerprint density at radius 2 is 1.84 bits per heavy atom. The number of hydrogen-bond acceptors (Lipinski definition) is 8. The summed E-state index contributed by atoms with van der Waals surface area (Å²) in [6.45, 7) is -0.185. The summed E-state index contributed by atoms with van der Waals surface area (Å²) >= 11 is 0. The fraction of sp³-hybridized carbons (Fsp3) is 0.550. The molecular weight excluding hydrogens is 432 g/mol. The van der Waals surface area contributed by atoms with Crippen molar-refractivity contribution >= 4 is 17.6 Å². The molecule has 4 heterocycles. The van der Waals surface area contributed by atoms with Crippen LogP contribution in [-0.4, -0.2) is 66.9 Å². The maximum absolute atomic E-state index is 13.9. The van der Waals surface area contributed by atoms with Crippen molar-refractivity contribution in [1.29, 1.82) is 0 Å². The zero-order chi connectivity index (χ0) is 22.5. The first-order valence-electron chi connectivity index (χ1n) is 10.3. The van der Waals surface area contributed by atoms with E-state index >= 15 is 0 Å². The van der Waals surface area contributed by atoms with Crippen LogP contribution in [0.1, 0.15) is 12.8 Å². The quantitative estimate of drug-likeness (QED) is 0.690. The minimum Gasteiger partial charge on any atom is -0.431 e. The summed E-state index contributed by atoms with van der Waals surface area (Å²) in [7, 11) is 0. The lowest BCUT2D eigenvalue weighted by atomic mass is 10.1. The van der Waals surface area contributed by atoms with Gasteiger partial charge in [-0.2, -0.15) is 13.8 Å². The topological polar surface area (TPSA) is 89.6 Å². The second kappa shape index (κ2) is 7.61. The Morgan fingerprint density at radius 3 is 2.50 bits per heavy atom. The molecule has 0 bridgehead atoms. The molecule has 3 fully saturated rings. The van der Waals surface area contributed by atoms with E-state index in [1.807, 2.05) is 4.90 Å². The Labute approximate surface area is 181 Å². The third-order valence-electron chi connectivity index (χ3n) is 6.28. The number of morpholine rings is 1. The average Bonchev–Trinajstić information content (AvgIpc) is 3.08. The van der Waals surface area contributed by atoms with Crippen molar-refractivity contribution in [3.63, 3.8) is 0 Å². The van der Waals surface area contributed by atoms with Gasteiger partial charge in [0.25, 0.3) is 5.92 Å². The molecule has 1 atom stereocenters. The smallest absolute Gasteiger partial charge is 0.387 e. The molecule has 0 amide bonds. The Balaban J connectivity index is 1.52. The number of halogens is 4. The molecule has 2 N–H and O–H groups in total. The zero-order valence-corrected chi connectivity index (χ0v) is 17.1. The molecule has 2 aromatic heterocycles. The number of rotatable bonds is 5. The summed E-state index contributed by atoms with van der Waals surface area (Å²) in [4.78, 5) is 16.9. The van der Waals surface area contributed by atoms with Gasteiger partial charge in [-0.3, -0.25) is 0 Å². The van der Waals surface area contributed by atoms with Crippen LogP contribution in [0.2, 0.25) is 0 Å². The van der Waals surface area contributed by atoms with Crippen LogP contribution in [0.5, 0.6) is 5.75 Å². The predicted molar refractivity (Wildman–Crippen MR) is 108 cm³/mol. The number of nitrogen functional groups attached to an aromatic ring is 1. The maximum atomic E-state index is 13.9. The lowest BCUT2D eigenvalue weighted by Gasteiger charge is -2.29. The monoisotopic (exact) mass is 454 g/mol. The van der Waals surface area contributed by atoms with Crippen molar-refractivity contribution in [2.75, 3.05) is 54.9 Å². The Kier molecular flexibility index (Phi) is 4.99. The Morgan fingerprint density at radius 1 is 1.09 bits per heavy atom. The van der Waals surface area contributed by atoms with E-state index in [4.69, 9.17) is 10.5 Å². The van der Waals surface area contributed by atoms with Crippen LogP contribution >= 0.6 is 0 Å². The van der Waals surface area contributed by atoms with E-state index in [1.165, 1.54) is 12.3 Å². The highest BCUT2D eigenvalue weighted by molar-refractivity contribution is 5.68. The van der Waals surface area contributed by atoms with Crippen molar-refractivity contribution in [1.82, 2.24) is 15.0 Å². The van der Waals surface area contributed by atoms with E-state index in [1.54, 1.807) is 11.0 Å². The van der Waals surface area contributed by atoms with Gasteiger partial charge in [-0.05, 0) is 12.5 Å². The molecule has 0 radical (unpaired) electrons. The average molecular weight is 454 g/mol. The number of anilines is 3. The molecule has 32 heavy (non-hydrogen) atoms. The van der Waals surface area contributed by atoms with Crippen molar-refractivity contribution in [3.8, 4) is 17.0 Å². The lowest BCUT2D eigenvalue weighted by Crippen LogP contribution is -2.37. The molecule has 1 spiro atoms. The molecule has 2 aliphatic heterocycles. The first kappa shape index (κ1) is 21.0. The largest absolute Gasteiger partial charge is 0.431 e. The SMILES string of the molecule is Nc1ncc(-c2cc(N3CCOCC3)nc(N3CCC4(C3)CC4(F)F)n2)cc1OC(F)F. The molecule has 2 aromatic rings. The van der Waals surface area contributed by atoms with Crippen LogP contribution in [0.4, 0.5) is 35.1 Å². The van der Waals surface area contributed by atoms with Crippen LogP contribution < -0.4 is 20.3 Å². The summed E-state index contributed by atoms with van der Waals surface area (Å²) in [5.74, 6) is -2.17. The van der Waals surface area contributed by atoms with E-state index in [0.717, 1.165) is 0 Å². The number of aromatic nitrogens is 3. The van der Waals surface area contributed by atoms with Gasteiger partial charge in [-0.15, -0.1) is 0 Å². The zero-order valence-electron chi connectivity index (χ0n) is 17.1. The van der Waals surface area contributed by atoms with E-state index in [9.17, 15) is 17.6 Å². The molecular formula is C20H22F4N6O2. The maximum Gasteiger partial charge on any atom is 0.387 e. The van der Waals surface area contributed by atoms with Gasteiger partial charge >= 0.3 is 6.61 Å². The van der Waals surface area contributed by atoms with Gasteiger partial charge in [-0.1, -0.05) is 0 Å². The highest BCUT2D eigenvalue weighted by Crippen LogP contribution is 2.65. The number of nitrogens with zero attached hydrogens (tertiary/aromatic N) is 5.